The van der Waals surface area contributed by atoms with Crippen LogP contribution in [0, 0.1) is 15.9 Å². The molecule has 0 unspecified atom stereocenters. The number of hydrogen-bond acceptors (Lipinski definition) is 7. The van der Waals surface area contributed by atoms with Gasteiger partial charge in [0, 0.05) is 6.26 Å². The van der Waals surface area contributed by atoms with Gasteiger partial charge in [0.15, 0.2) is 9.84 Å². The molecule has 0 radical (unpaired) electrons. The van der Waals surface area contributed by atoms with Crippen LogP contribution in [-0.4, -0.2) is 29.6 Å². The van der Waals surface area contributed by atoms with Gasteiger partial charge in [0.1, 0.15) is 12.1 Å². The fourth-order valence-corrected chi connectivity index (χ4v) is 2.40. The highest BCUT2D eigenvalue weighted by Gasteiger charge is 2.22. The van der Waals surface area contributed by atoms with Crippen molar-refractivity contribution in [3.05, 3.63) is 45.6 Å². The van der Waals surface area contributed by atoms with E-state index in [9.17, 15) is 22.9 Å². The average Bonchev–Trinajstić information content (AvgIpc) is 2.39. The molecule has 2 aromatic rings. The third-order valence-corrected chi connectivity index (χ3v) is 3.97. The van der Waals surface area contributed by atoms with E-state index >= 15 is 0 Å². The molecular weight excluding hydrogens is 339 g/mol. The summed E-state index contributed by atoms with van der Waals surface area (Å²) in [6.45, 7) is 0. The largest absolute Gasteiger partial charge is 0.348 e. The molecular formula is C11H8ClFN4O4S. The Balaban J connectivity index is 2.45. The van der Waals surface area contributed by atoms with Crippen LogP contribution in [-0.2, 0) is 9.84 Å². The fraction of sp³-hybridized carbons (Fsp3) is 0.0909. The predicted molar refractivity (Wildman–Crippen MR) is 76.5 cm³/mol. The van der Waals surface area contributed by atoms with Crippen LogP contribution in [0.15, 0.2) is 29.4 Å². The molecule has 2 rings (SSSR count). The summed E-state index contributed by atoms with van der Waals surface area (Å²) in [7, 11) is -3.57. The second-order valence-electron chi connectivity index (χ2n) is 4.16. The van der Waals surface area contributed by atoms with Crippen molar-refractivity contribution in [2.45, 2.75) is 4.90 Å². The SMILES string of the molecule is CS(=O)(=O)c1ccc(Nc2ncnc(Cl)c2[N+](=O)[O-])c(F)c1. The molecule has 0 bridgehead atoms. The van der Waals surface area contributed by atoms with E-state index in [2.05, 4.69) is 15.3 Å². The van der Waals surface area contributed by atoms with Gasteiger partial charge in [-0.2, -0.15) is 0 Å². The number of nitrogens with zero attached hydrogens (tertiary/aromatic N) is 3. The summed E-state index contributed by atoms with van der Waals surface area (Å²) in [5, 5.41) is 12.9. The van der Waals surface area contributed by atoms with E-state index in [1.807, 2.05) is 0 Å². The van der Waals surface area contributed by atoms with E-state index in [4.69, 9.17) is 11.6 Å². The van der Waals surface area contributed by atoms with Gasteiger partial charge in [-0.15, -0.1) is 0 Å². The van der Waals surface area contributed by atoms with Crippen LogP contribution in [0.2, 0.25) is 5.15 Å². The highest BCUT2D eigenvalue weighted by molar-refractivity contribution is 7.90. The lowest BCUT2D eigenvalue weighted by atomic mass is 10.3. The van der Waals surface area contributed by atoms with Gasteiger partial charge in [-0.3, -0.25) is 10.1 Å². The molecule has 11 heteroatoms. The summed E-state index contributed by atoms with van der Waals surface area (Å²) in [4.78, 5) is 17.0. The zero-order valence-corrected chi connectivity index (χ0v) is 12.5. The number of halogens is 2. The van der Waals surface area contributed by atoms with Crippen LogP contribution in [0.4, 0.5) is 21.6 Å². The van der Waals surface area contributed by atoms with E-state index in [1.165, 1.54) is 0 Å². The Bertz CT molecular complexity index is 859. The monoisotopic (exact) mass is 346 g/mol. The van der Waals surface area contributed by atoms with Crippen molar-refractivity contribution in [2.75, 3.05) is 11.6 Å². The summed E-state index contributed by atoms with van der Waals surface area (Å²) in [6.07, 6.45) is 1.91. The summed E-state index contributed by atoms with van der Waals surface area (Å²) in [5.74, 6) is -1.22. The Labute approximate surface area is 129 Å². The number of sulfone groups is 1. The van der Waals surface area contributed by atoms with Crippen LogP contribution in [0.3, 0.4) is 0 Å². The van der Waals surface area contributed by atoms with E-state index in [0.29, 0.717) is 0 Å². The molecule has 22 heavy (non-hydrogen) atoms. The number of hydrogen-bond donors (Lipinski definition) is 1. The van der Waals surface area contributed by atoms with Gasteiger partial charge in [0.05, 0.1) is 15.5 Å². The molecule has 0 saturated carbocycles. The average molecular weight is 347 g/mol. The van der Waals surface area contributed by atoms with Crippen molar-refractivity contribution < 1.29 is 17.7 Å². The Hall–Kier alpha value is -2.33. The van der Waals surface area contributed by atoms with Crippen molar-refractivity contribution >= 4 is 38.6 Å². The lowest BCUT2D eigenvalue weighted by Gasteiger charge is -2.08. The Kier molecular flexibility index (Phi) is 4.24. The molecule has 0 spiro atoms. The number of rotatable bonds is 4. The molecule has 1 aromatic carbocycles. The predicted octanol–water partition coefficient (Wildman–Crippen LogP) is 2.32. The first kappa shape index (κ1) is 16.0. The number of aromatic nitrogens is 2. The van der Waals surface area contributed by atoms with Crippen molar-refractivity contribution in [2.24, 2.45) is 0 Å². The van der Waals surface area contributed by atoms with Crippen molar-refractivity contribution in [1.29, 1.82) is 0 Å². The summed E-state index contributed by atoms with van der Waals surface area (Å²) in [6, 6.07) is 3.09. The van der Waals surface area contributed by atoms with Crippen molar-refractivity contribution in [1.82, 2.24) is 9.97 Å². The molecule has 0 saturated heterocycles. The number of nitro groups is 1. The van der Waals surface area contributed by atoms with Gasteiger partial charge in [-0.25, -0.2) is 22.8 Å². The summed E-state index contributed by atoms with van der Waals surface area (Å²) in [5.41, 5.74) is -0.805. The maximum atomic E-state index is 13.9. The second kappa shape index (κ2) is 5.81. The van der Waals surface area contributed by atoms with Crippen LogP contribution in [0.25, 0.3) is 0 Å². The van der Waals surface area contributed by atoms with Gasteiger partial charge < -0.3 is 5.32 Å². The first-order valence-corrected chi connectivity index (χ1v) is 7.88. The van der Waals surface area contributed by atoms with Crippen molar-refractivity contribution in [3.63, 3.8) is 0 Å². The van der Waals surface area contributed by atoms with Crippen LogP contribution in [0.5, 0.6) is 0 Å². The number of nitrogens with one attached hydrogen (secondary N) is 1. The van der Waals surface area contributed by atoms with Gasteiger partial charge in [0.2, 0.25) is 11.0 Å². The first-order chi connectivity index (χ1) is 10.2. The molecule has 0 aliphatic heterocycles. The topological polar surface area (TPSA) is 115 Å². The molecule has 1 heterocycles. The number of anilines is 2. The highest BCUT2D eigenvalue weighted by atomic mass is 35.5. The van der Waals surface area contributed by atoms with Gasteiger partial charge in [0.25, 0.3) is 0 Å². The lowest BCUT2D eigenvalue weighted by Crippen LogP contribution is -2.04. The maximum absolute atomic E-state index is 13.9. The zero-order chi connectivity index (χ0) is 16.5. The minimum atomic E-state index is -3.57. The molecule has 116 valence electrons. The molecule has 0 amide bonds. The summed E-state index contributed by atoms with van der Waals surface area (Å²) < 4.78 is 36.6. The van der Waals surface area contributed by atoms with Crippen LogP contribution >= 0.6 is 11.6 Å². The van der Waals surface area contributed by atoms with Crippen LogP contribution in [0.1, 0.15) is 0 Å². The summed E-state index contributed by atoms with van der Waals surface area (Å²) >= 11 is 5.61. The maximum Gasteiger partial charge on any atom is 0.348 e. The molecule has 1 aromatic heterocycles. The number of benzene rings is 1. The fourth-order valence-electron chi connectivity index (χ4n) is 1.57. The molecule has 0 aliphatic carbocycles. The van der Waals surface area contributed by atoms with E-state index in [1.54, 1.807) is 0 Å². The Morgan fingerprint density at radius 2 is 2.05 bits per heavy atom. The third-order valence-electron chi connectivity index (χ3n) is 2.58. The van der Waals surface area contributed by atoms with E-state index < -0.39 is 31.4 Å². The molecule has 0 fully saturated rings. The van der Waals surface area contributed by atoms with E-state index in [0.717, 1.165) is 30.8 Å². The Morgan fingerprint density at radius 1 is 1.36 bits per heavy atom. The lowest BCUT2D eigenvalue weighted by molar-refractivity contribution is -0.384. The molecule has 1 N–H and O–H groups in total. The van der Waals surface area contributed by atoms with Crippen LogP contribution < -0.4 is 5.32 Å². The second-order valence-corrected chi connectivity index (χ2v) is 6.53. The van der Waals surface area contributed by atoms with Gasteiger partial charge in [-0.05, 0) is 18.2 Å². The van der Waals surface area contributed by atoms with Crippen molar-refractivity contribution in [3.8, 4) is 0 Å². The first-order valence-electron chi connectivity index (χ1n) is 5.61. The molecule has 0 aliphatic rings. The third kappa shape index (κ3) is 3.28. The molecule has 8 nitrogen and oxygen atoms in total. The quantitative estimate of drug-likeness (QED) is 0.513. The van der Waals surface area contributed by atoms with Gasteiger partial charge in [-0.1, -0.05) is 11.6 Å². The normalized spacial score (nSPS) is 11.2. The standard InChI is InChI=1S/C11H8ClFN4O4S/c1-22(20,21)6-2-3-8(7(13)4-6)16-11-9(17(18)19)10(12)14-5-15-11/h2-5H,1H3,(H,14,15,16). The zero-order valence-electron chi connectivity index (χ0n) is 10.9. The smallest absolute Gasteiger partial charge is 0.332 e. The highest BCUT2D eigenvalue weighted by Crippen LogP contribution is 2.31. The molecule has 0 atom stereocenters. The van der Waals surface area contributed by atoms with Gasteiger partial charge >= 0.3 is 5.69 Å². The minimum Gasteiger partial charge on any atom is -0.332 e. The van der Waals surface area contributed by atoms with E-state index in [-0.39, 0.29) is 16.4 Å². The Morgan fingerprint density at radius 3 is 2.59 bits per heavy atom. The minimum absolute atomic E-state index is 0.190.